The van der Waals surface area contributed by atoms with Gasteiger partial charge in [0.15, 0.2) is 11.5 Å². The predicted octanol–water partition coefficient (Wildman–Crippen LogP) is 4.90. The molecule has 0 saturated carbocycles. The van der Waals surface area contributed by atoms with Gasteiger partial charge in [-0.1, -0.05) is 58.6 Å². The highest BCUT2D eigenvalue weighted by atomic mass is 16.6. The van der Waals surface area contributed by atoms with Crippen LogP contribution in [-0.4, -0.2) is 11.9 Å². The highest BCUT2D eigenvalue weighted by Crippen LogP contribution is 2.28. The highest BCUT2D eigenvalue weighted by Gasteiger charge is 2.17. The minimum absolute atomic E-state index is 0.169. The van der Waals surface area contributed by atoms with E-state index >= 15 is 0 Å². The molecule has 0 amide bonds. The molecule has 0 fully saturated rings. The van der Waals surface area contributed by atoms with Crippen LogP contribution in [0.1, 0.15) is 65.7 Å². The number of carbonyl (C=O) groups excluding carboxylic acids is 2. The van der Waals surface area contributed by atoms with Crippen LogP contribution in [0.2, 0.25) is 0 Å². The van der Waals surface area contributed by atoms with E-state index in [9.17, 15) is 9.59 Å². The van der Waals surface area contributed by atoms with Gasteiger partial charge in [-0.15, -0.1) is 0 Å². The maximum atomic E-state index is 12.0. The summed E-state index contributed by atoms with van der Waals surface area (Å²) < 4.78 is 10.7. The molecule has 1 atom stereocenters. The van der Waals surface area contributed by atoms with Crippen molar-refractivity contribution in [3.8, 4) is 11.5 Å². The van der Waals surface area contributed by atoms with Crippen molar-refractivity contribution in [2.75, 3.05) is 0 Å². The lowest BCUT2D eigenvalue weighted by Crippen LogP contribution is -2.18. The third-order valence-corrected chi connectivity index (χ3v) is 3.64. The second-order valence-electron chi connectivity index (χ2n) is 5.84. The Bertz CT molecular complexity index is 496. The molecule has 128 valence electrons. The first-order valence-electron chi connectivity index (χ1n) is 8.59. The molecule has 1 aromatic carbocycles. The lowest BCUT2D eigenvalue weighted by atomic mass is 10.1. The number of hydrogen-bond donors (Lipinski definition) is 0. The number of carbonyl (C=O) groups is 2. The van der Waals surface area contributed by atoms with Crippen LogP contribution >= 0.6 is 0 Å². The van der Waals surface area contributed by atoms with Crippen molar-refractivity contribution >= 4 is 11.9 Å². The zero-order valence-corrected chi connectivity index (χ0v) is 14.5. The Hall–Kier alpha value is -1.84. The molecule has 1 rings (SSSR count). The SMILES string of the molecule is CCCCCCC(=O)Oc1ccccc1OC(=O)C(C)CCC. The first-order chi connectivity index (χ1) is 11.1. The predicted molar refractivity (Wildman–Crippen MR) is 90.5 cm³/mol. The van der Waals surface area contributed by atoms with Crippen LogP contribution in [0.5, 0.6) is 11.5 Å². The van der Waals surface area contributed by atoms with Gasteiger partial charge in [0.1, 0.15) is 0 Å². The summed E-state index contributed by atoms with van der Waals surface area (Å²) in [5, 5.41) is 0. The van der Waals surface area contributed by atoms with Gasteiger partial charge in [0.25, 0.3) is 0 Å². The summed E-state index contributed by atoms with van der Waals surface area (Å²) >= 11 is 0. The largest absolute Gasteiger partial charge is 0.423 e. The quantitative estimate of drug-likeness (QED) is 0.349. The first-order valence-corrected chi connectivity index (χ1v) is 8.59. The average Bonchev–Trinajstić information content (AvgIpc) is 2.53. The maximum absolute atomic E-state index is 12.0. The molecule has 0 heterocycles. The fourth-order valence-electron chi connectivity index (χ4n) is 2.25. The molecule has 0 aliphatic carbocycles. The van der Waals surface area contributed by atoms with Crippen molar-refractivity contribution in [2.45, 2.75) is 65.7 Å². The Morgan fingerprint density at radius 2 is 1.61 bits per heavy atom. The molecule has 0 bridgehead atoms. The van der Waals surface area contributed by atoms with E-state index in [1.807, 2.05) is 13.8 Å². The summed E-state index contributed by atoms with van der Waals surface area (Å²) in [6.07, 6.45) is 6.18. The molecule has 0 spiro atoms. The second kappa shape index (κ2) is 10.8. The molecule has 23 heavy (non-hydrogen) atoms. The third-order valence-electron chi connectivity index (χ3n) is 3.64. The first kappa shape index (κ1) is 19.2. The molecule has 0 aromatic heterocycles. The molecule has 0 N–H and O–H groups in total. The molecule has 4 heteroatoms. The number of unbranched alkanes of at least 4 members (excludes halogenated alkanes) is 3. The molecule has 1 unspecified atom stereocenters. The lowest BCUT2D eigenvalue weighted by molar-refractivity contribution is -0.140. The molecule has 0 aliphatic heterocycles. The molecule has 0 aliphatic rings. The second-order valence-corrected chi connectivity index (χ2v) is 5.84. The minimum atomic E-state index is -0.293. The number of benzene rings is 1. The van der Waals surface area contributed by atoms with E-state index in [0.29, 0.717) is 17.9 Å². The zero-order chi connectivity index (χ0) is 17.1. The molecular weight excluding hydrogens is 292 g/mol. The Morgan fingerprint density at radius 3 is 2.22 bits per heavy atom. The van der Waals surface area contributed by atoms with E-state index in [4.69, 9.17) is 9.47 Å². The molecule has 1 aromatic rings. The summed E-state index contributed by atoms with van der Waals surface area (Å²) in [4.78, 5) is 23.9. The standard InChI is InChI=1S/C19H28O4/c1-4-6-7-8-14-18(20)22-16-12-9-10-13-17(16)23-19(21)15(3)11-5-2/h9-10,12-13,15H,4-8,11,14H2,1-3H3. The lowest BCUT2D eigenvalue weighted by Gasteiger charge is -2.13. The van der Waals surface area contributed by atoms with Crippen LogP contribution in [0.15, 0.2) is 24.3 Å². The van der Waals surface area contributed by atoms with Gasteiger partial charge in [0.05, 0.1) is 5.92 Å². The van der Waals surface area contributed by atoms with E-state index in [1.165, 1.54) is 0 Å². The summed E-state index contributed by atoms with van der Waals surface area (Å²) in [6.45, 7) is 5.99. The number of ether oxygens (including phenoxy) is 2. The highest BCUT2D eigenvalue weighted by molar-refractivity contribution is 5.77. The Kier molecular flexibility index (Phi) is 9.03. The average molecular weight is 320 g/mol. The Morgan fingerprint density at radius 1 is 0.957 bits per heavy atom. The Labute approximate surface area is 139 Å². The fourth-order valence-corrected chi connectivity index (χ4v) is 2.25. The van der Waals surface area contributed by atoms with Crippen LogP contribution < -0.4 is 9.47 Å². The van der Waals surface area contributed by atoms with Gasteiger partial charge in [-0.3, -0.25) is 9.59 Å². The van der Waals surface area contributed by atoms with E-state index in [1.54, 1.807) is 24.3 Å². The molecular formula is C19H28O4. The summed E-state index contributed by atoms with van der Waals surface area (Å²) in [5.41, 5.74) is 0. The number of hydrogen-bond acceptors (Lipinski definition) is 4. The van der Waals surface area contributed by atoms with Crippen LogP contribution in [0.4, 0.5) is 0 Å². The van der Waals surface area contributed by atoms with Crippen molar-refractivity contribution in [1.29, 1.82) is 0 Å². The van der Waals surface area contributed by atoms with Crippen LogP contribution in [0.25, 0.3) is 0 Å². The normalized spacial score (nSPS) is 11.8. The Balaban J connectivity index is 2.59. The maximum Gasteiger partial charge on any atom is 0.314 e. The van der Waals surface area contributed by atoms with Crippen LogP contribution in [0, 0.1) is 5.92 Å². The van der Waals surface area contributed by atoms with Crippen molar-refractivity contribution in [3.63, 3.8) is 0 Å². The molecule has 0 saturated heterocycles. The molecule has 0 radical (unpaired) electrons. The monoisotopic (exact) mass is 320 g/mol. The van der Waals surface area contributed by atoms with Crippen LogP contribution in [0.3, 0.4) is 0 Å². The minimum Gasteiger partial charge on any atom is -0.423 e. The number of rotatable bonds is 10. The van der Waals surface area contributed by atoms with E-state index in [-0.39, 0.29) is 17.9 Å². The van der Waals surface area contributed by atoms with Gasteiger partial charge in [-0.2, -0.15) is 0 Å². The van der Waals surface area contributed by atoms with Gasteiger partial charge in [0.2, 0.25) is 0 Å². The third kappa shape index (κ3) is 7.31. The van der Waals surface area contributed by atoms with Gasteiger partial charge < -0.3 is 9.47 Å². The van der Waals surface area contributed by atoms with Crippen molar-refractivity contribution < 1.29 is 19.1 Å². The van der Waals surface area contributed by atoms with E-state index < -0.39 is 0 Å². The summed E-state index contributed by atoms with van der Waals surface area (Å²) in [6, 6.07) is 6.81. The van der Waals surface area contributed by atoms with Gasteiger partial charge in [-0.05, 0) is 25.0 Å². The van der Waals surface area contributed by atoms with Gasteiger partial charge in [0, 0.05) is 6.42 Å². The van der Waals surface area contributed by atoms with E-state index in [0.717, 1.165) is 38.5 Å². The van der Waals surface area contributed by atoms with Crippen molar-refractivity contribution in [1.82, 2.24) is 0 Å². The zero-order valence-electron chi connectivity index (χ0n) is 14.5. The van der Waals surface area contributed by atoms with Gasteiger partial charge >= 0.3 is 11.9 Å². The molecule has 4 nitrogen and oxygen atoms in total. The van der Waals surface area contributed by atoms with Crippen molar-refractivity contribution in [2.24, 2.45) is 5.92 Å². The summed E-state index contributed by atoms with van der Waals surface area (Å²) in [7, 11) is 0. The topological polar surface area (TPSA) is 52.6 Å². The smallest absolute Gasteiger partial charge is 0.314 e. The van der Waals surface area contributed by atoms with E-state index in [2.05, 4.69) is 6.92 Å². The van der Waals surface area contributed by atoms with Crippen molar-refractivity contribution in [3.05, 3.63) is 24.3 Å². The number of esters is 2. The fraction of sp³-hybridized carbons (Fsp3) is 0.579. The van der Waals surface area contributed by atoms with Gasteiger partial charge in [-0.25, -0.2) is 0 Å². The number of para-hydroxylation sites is 2. The van der Waals surface area contributed by atoms with Crippen LogP contribution in [-0.2, 0) is 9.59 Å². The summed E-state index contributed by atoms with van der Waals surface area (Å²) in [5.74, 6) is -0.130.